The Hall–Kier alpha value is -1.67. The van der Waals surface area contributed by atoms with Crippen molar-refractivity contribution in [1.29, 1.82) is 0 Å². The van der Waals surface area contributed by atoms with Crippen LogP contribution < -0.4 is 5.32 Å². The number of fused-ring (bicyclic) bond motifs is 1. The number of benzene rings is 2. The van der Waals surface area contributed by atoms with Crippen LogP contribution in [0.1, 0.15) is 35.1 Å². The molecule has 2 aromatic carbocycles. The van der Waals surface area contributed by atoms with Gasteiger partial charge in [-0.1, -0.05) is 66.8 Å². The van der Waals surface area contributed by atoms with Crippen LogP contribution in [0.25, 0.3) is 0 Å². The number of aryl methyl sites for hydroxylation is 1. The highest BCUT2D eigenvalue weighted by atomic mass is 32.1. The molecule has 96 valence electrons. The quantitative estimate of drug-likeness (QED) is 0.843. The molecule has 2 unspecified atom stereocenters. The lowest BCUT2D eigenvalue weighted by Crippen LogP contribution is -2.30. The molecule has 0 saturated heterocycles. The van der Waals surface area contributed by atoms with Gasteiger partial charge < -0.3 is 5.32 Å². The van der Waals surface area contributed by atoms with Crippen LogP contribution in [0.15, 0.2) is 54.6 Å². The molecule has 0 bridgehead atoms. The molecule has 0 spiro atoms. The summed E-state index contributed by atoms with van der Waals surface area (Å²) in [6.45, 7) is 0. The van der Waals surface area contributed by atoms with Crippen molar-refractivity contribution in [1.82, 2.24) is 5.32 Å². The summed E-state index contributed by atoms with van der Waals surface area (Å²) < 4.78 is 0. The second-order valence-corrected chi connectivity index (χ2v) is 5.25. The minimum absolute atomic E-state index is 0.296. The molecular weight excluding hydrogens is 250 g/mol. The van der Waals surface area contributed by atoms with Crippen molar-refractivity contribution in [3.63, 3.8) is 0 Å². The number of rotatable bonds is 3. The van der Waals surface area contributed by atoms with Crippen molar-refractivity contribution in [2.24, 2.45) is 0 Å². The van der Waals surface area contributed by atoms with Crippen molar-refractivity contribution in [3.8, 4) is 0 Å². The predicted octanol–water partition coefficient (Wildman–Crippen LogP) is 4.00. The van der Waals surface area contributed by atoms with Crippen LogP contribution in [-0.2, 0) is 6.42 Å². The lowest BCUT2D eigenvalue weighted by Gasteiger charge is -2.34. The first-order valence-electron chi connectivity index (χ1n) is 6.72. The Labute approximate surface area is 119 Å². The maximum atomic E-state index is 5.03. The van der Waals surface area contributed by atoms with Gasteiger partial charge in [-0.3, -0.25) is 0 Å². The summed E-state index contributed by atoms with van der Waals surface area (Å²) in [6, 6.07) is 19.7. The molecule has 0 aliphatic heterocycles. The molecular formula is C17H17NS. The topological polar surface area (TPSA) is 12.0 Å². The van der Waals surface area contributed by atoms with Crippen molar-refractivity contribution in [3.05, 3.63) is 71.3 Å². The summed E-state index contributed by atoms with van der Waals surface area (Å²) in [4.78, 5) is 0. The molecule has 1 N–H and O–H groups in total. The van der Waals surface area contributed by atoms with Gasteiger partial charge in [-0.25, -0.2) is 0 Å². The van der Waals surface area contributed by atoms with E-state index in [4.69, 9.17) is 12.2 Å². The van der Waals surface area contributed by atoms with E-state index in [2.05, 4.69) is 59.9 Å². The second kappa shape index (κ2) is 5.54. The van der Waals surface area contributed by atoms with Gasteiger partial charge in [0.1, 0.15) is 0 Å². The lowest BCUT2D eigenvalue weighted by molar-refractivity contribution is 0.456. The summed E-state index contributed by atoms with van der Waals surface area (Å²) >= 11 is 5.03. The third-order valence-corrected chi connectivity index (χ3v) is 4.13. The number of hydrogen-bond acceptors (Lipinski definition) is 1. The van der Waals surface area contributed by atoms with E-state index in [0.717, 1.165) is 6.42 Å². The van der Waals surface area contributed by atoms with Crippen molar-refractivity contribution in [2.45, 2.75) is 24.8 Å². The smallest absolute Gasteiger partial charge is 0.0619 e. The summed E-state index contributed by atoms with van der Waals surface area (Å²) in [5.74, 6) is 0.496. The van der Waals surface area contributed by atoms with Crippen molar-refractivity contribution < 1.29 is 0 Å². The Morgan fingerprint density at radius 3 is 2.53 bits per heavy atom. The zero-order valence-corrected chi connectivity index (χ0v) is 11.6. The van der Waals surface area contributed by atoms with E-state index >= 15 is 0 Å². The van der Waals surface area contributed by atoms with Gasteiger partial charge in [0.15, 0.2) is 0 Å². The predicted molar refractivity (Wildman–Crippen MR) is 83.5 cm³/mol. The van der Waals surface area contributed by atoms with Crippen LogP contribution in [-0.4, -0.2) is 5.49 Å². The third-order valence-electron chi connectivity index (χ3n) is 3.99. The minimum Gasteiger partial charge on any atom is -0.375 e. The van der Waals surface area contributed by atoms with Gasteiger partial charge in [0, 0.05) is 5.92 Å². The summed E-state index contributed by atoms with van der Waals surface area (Å²) in [6.07, 6.45) is 2.31. The lowest BCUT2D eigenvalue weighted by atomic mass is 9.76. The van der Waals surface area contributed by atoms with Crippen LogP contribution in [0.4, 0.5) is 0 Å². The largest absolute Gasteiger partial charge is 0.375 e. The van der Waals surface area contributed by atoms with Crippen LogP contribution in [0, 0.1) is 0 Å². The van der Waals surface area contributed by atoms with Gasteiger partial charge in [0.05, 0.1) is 11.5 Å². The van der Waals surface area contributed by atoms with Crippen LogP contribution in [0.5, 0.6) is 0 Å². The molecule has 0 radical (unpaired) electrons. The molecule has 2 atom stereocenters. The maximum absolute atomic E-state index is 5.03. The average Bonchev–Trinajstić information content (AvgIpc) is 2.49. The van der Waals surface area contributed by atoms with E-state index in [1.807, 2.05) is 0 Å². The first kappa shape index (κ1) is 12.4. The molecule has 1 aliphatic carbocycles. The Morgan fingerprint density at radius 1 is 1.00 bits per heavy atom. The van der Waals surface area contributed by atoms with Gasteiger partial charge in [0.2, 0.25) is 0 Å². The molecule has 19 heavy (non-hydrogen) atoms. The van der Waals surface area contributed by atoms with E-state index in [0.29, 0.717) is 12.0 Å². The molecule has 2 heteroatoms. The summed E-state index contributed by atoms with van der Waals surface area (Å²) in [5, 5.41) is 3.38. The second-order valence-electron chi connectivity index (χ2n) is 5.02. The Bertz CT molecular complexity index is 564. The fourth-order valence-corrected chi connectivity index (χ4v) is 3.24. The summed E-state index contributed by atoms with van der Waals surface area (Å²) in [7, 11) is 0. The molecule has 0 saturated carbocycles. The highest BCUT2D eigenvalue weighted by Gasteiger charge is 2.29. The highest BCUT2D eigenvalue weighted by Crippen LogP contribution is 2.40. The maximum Gasteiger partial charge on any atom is 0.0619 e. The zero-order chi connectivity index (χ0) is 13.1. The van der Waals surface area contributed by atoms with Gasteiger partial charge >= 0.3 is 0 Å². The fraction of sp³-hybridized carbons (Fsp3) is 0.235. The van der Waals surface area contributed by atoms with Gasteiger partial charge in [-0.15, -0.1) is 0 Å². The van der Waals surface area contributed by atoms with Gasteiger partial charge in [0.25, 0.3) is 0 Å². The van der Waals surface area contributed by atoms with E-state index < -0.39 is 0 Å². The van der Waals surface area contributed by atoms with E-state index in [9.17, 15) is 0 Å². The SMILES string of the molecule is S=CNC1c2ccccc2CCC1c1ccccc1. The first-order chi connectivity index (χ1) is 9.40. The molecule has 2 aromatic rings. The van der Waals surface area contributed by atoms with Crippen LogP contribution in [0.3, 0.4) is 0 Å². The van der Waals surface area contributed by atoms with Gasteiger partial charge in [-0.2, -0.15) is 0 Å². The molecule has 0 fully saturated rings. The Balaban J connectivity index is 2.01. The molecule has 0 heterocycles. The number of thiocarbonyl (C=S) groups is 1. The normalized spacial score (nSPS) is 21.5. The molecule has 0 amide bonds. The highest BCUT2D eigenvalue weighted by molar-refractivity contribution is 7.78. The van der Waals surface area contributed by atoms with E-state index in [1.54, 1.807) is 5.49 Å². The number of hydrogen-bond donors (Lipinski definition) is 1. The zero-order valence-electron chi connectivity index (χ0n) is 10.8. The van der Waals surface area contributed by atoms with Crippen molar-refractivity contribution >= 4 is 17.7 Å². The fourth-order valence-electron chi connectivity index (χ4n) is 3.10. The monoisotopic (exact) mass is 267 g/mol. The average molecular weight is 267 g/mol. The van der Waals surface area contributed by atoms with Crippen LogP contribution in [0.2, 0.25) is 0 Å². The molecule has 1 nitrogen and oxygen atoms in total. The molecule has 3 rings (SSSR count). The van der Waals surface area contributed by atoms with E-state index in [-0.39, 0.29) is 0 Å². The van der Waals surface area contributed by atoms with Crippen LogP contribution >= 0.6 is 12.2 Å². The Kier molecular flexibility index (Phi) is 3.60. The first-order valence-corrected chi connectivity index (χ1v) is 7.19. The third kappa shape index (κ3) is 2.41. The molecule has 1 aliphatic rings. The van der Waals surface area contributed by atoms with Crippen molar-refractivity contribution in [2.75, 3.05) is 0 Å². The minimum atomic E-state index is 0.296. The van der Waals surface area contributed by atoms with E-state index in [1.165, 1.54) is 23.1 Å². The number of nitrogens with one attached hydrogen (secondary N) is 1. The Morgan fingerprint density at radius 2 is 1.74 bits per heavy atom. The standard InChI is InChI=1S/C17H17NS/c19-12-18-17-15-9-5-4-8-14(15)10-11-16(17)13-6-2-1-3-7-13/h1-9,12,16-17H,10-11H2,(H,18,19). The molecule has 0 aromatic heterocycles. The summed E-state index contributed by atoms with van der Waals surface area (Å²) in [5.41, 5.74) is 5.89. The van der Waals surface area contributed by atoms with Gasteiger partial charge in [-0.05, 0) is 29.5 Å².